The van der Waals surface area contributed by atoms with Crippen molar-refractivity contribution in [2.75, 3.05) is 6.54 Å². The van der Waals surface area contributed by atoms with E-state index in [4.69, 9.17) is 0 Å². The van der Waals surface area contributed by atoms with Crippen LogP contribution in [0.5, 0.6) is 0 Å². The minimum Gasteiger partial charge on any atom is -0.338 e. The van der Waals surface area contributed by atoms with Gasteiger partial charge in [0.25, 0.3) is 0 Å². The third kappa shape index (κ3) is 4.56. The van der Waals surface area contributed by atoms with Crippen LogP contribution >= 0.6 is 0 Å². The van der Waals surface area contributed by atoms with Crippen LogP contribution in [-0.4, -0.2) is 22.4 Å². The van der Waals surface area contributed by atoms with Gasteiger partial charge in [0, 0.05) is 12.7 Å². The Kier molecular flexibility index (Phi) is 5.19. The maximum absolute atomic E-state index is 12.3. The lowest BCUT2D eigenvalue weighted by atomic mass is 10.0. The van der Waals surface area contributed by atoms with Gasteiger partial charge in [-0.1, -0.05) is 48.5 Å². The second-order valence-corrected chi connectivity index (χ2v) is 7.00. The number of rotatable bonds is 7. The molecule has 138 valence electrons. The van der Waals surface area contributed by atoms with Crippen LogP contribution in [0.2, 0.25) is 0 Å². The molecule has 0 bridgehead atoms. The molecule has 4 rings (SSSR count). The molecule has 2 aromatic carbocycles. The lowest BCUT2D eigenvalue weighted by Gasteiger charge is -2.19. The predicted octanol–water partition coefficient (Wildman–Crippen LogP) is 3.87. The fourth-order valence-electron chi connectivity index (χ4n) is 3.29. The van der Waals surface area contributed by atoms with E-state index >= 15 is 0 Å². The molecule has 3 aromatic rings. The van der Waals surface area contributed by atoms with Gasteiger partial charge in [-0.2, -0.15) is 5.10 Å². The van der Waals surface area contributed by atoms with Crippen LogP contribution in [0.4, 0.5) is 4.79 Å². The maximum atomic E-state index is 12.3. The summed E-state index contributed by atoms with van der Waals surface area (Å²) in [5.74, 6) is 0.558. The summed E-state index contributed by atoms with van der Waals surface area (Å²) in [6.45, 7) is 0.582. The molecule has 27 heavy (non-hydrogen) atoms. The van der Waals surface area contributed by atoms with Gasteiger partial charge in [-0.05, 0) is 48.4 Å². The van der Waals surface area contributed by atoms with Gasteiger partial charge in [-0.25, -0.2) is 9.48 Å². The zero-order valence-corrected chi connectivity index (χ0v) is 15.2. The SMILES string of the molecule is O=C(NCCc1cnn(-c2ccccc2)c1)NC(c1ccccc1)C1CC1. The molecule has 1 aliphatic carbocycles. The van der Waals surface area contributed by atoms with E-state index in [1.807, 2.05) is 65.6 Å². The average molecular weight is 360 g/mol. The smallest absolute Gasteiger partial charge is 0.315 e. The van der Waals surface area contributed by atoms with Crippen LogP contribution in [0, 0.1) is 5.92 Å². The lowest BCUT2D eigenvalue weighted by Crippen LogP contribution is -2.39. The van der Waals surface area contributed by atoms with E-state index in [0.29, 0.717) is 12.5 Å². The number of carbonyl (C=O) groups is 1. The van der Waals surface area contributed by atoms with Gasteiger partial charge in [0.2, 0.25) is 0 Å². The maximum Gasteiger partial charge on any atom is 0.315 e. The Morgan fingerprint density at radius 2 is 1.78 bits per heavy atom. The third-order valence-corrected chi connectivity index (χ3v) is 4.89. The van der Waals surface area contributed by atoms with E-state index in [1.54, 1.807) is 0 Å². The quantitative estimate of drug-likeness (QED) is 0.672. The summed E-state index contributed by atoms with van der Waals surface area (Å²) in [6.07, 6.45) is 6.96. The van der Waals surface area contributed by atoms with E-state index in [-0.39, 0.29) is 12.1 Å². The monoisotopic (exact) mass is 360 g/mol. The Morgan fingerprint density at radius 1 is 1.07 bits per heavy atom. The molecule has 5 heteroatoms. The fraction of sp³-hybridized carbons (Fsp3) is 0.273. The molecule has 0 saturated heterocycles. The van der Waals surface area contributed by atoms with Gasteiger partial charge in [0.05, 0.1) is 17.9 Å². The highest BCUT2D eigenvalue weighted by Gasteiger charge is 2.33. The number of amides is 2. The summed E-state index contributed by atoms with van der Waals surface area (Å²) < 4.78 is 1.86. The first-order valence-corrected chi connectivity index (χ1v) is 9.48. The topological polar surface area (TPSA) is 59.0 Å². The molecule has 0 spiro atoms. The molecule has 1 unspecified atom stereocenters. The predicted molar refractivity (Wildman–Crippen MR) is 106 cm³/mol. The number of hydrogen-bond acceptors (Lipinski definition) is 2. The molecule has 1 aromatic heterocycles. The number of benzene rings is 2. The summed E-state index contributed by atoms with van der Waals surface area (Å²) >= 11 is 0. The second-order valence-electron chi connectivity index (χ2n) is 7.00. The highest BCUT2D eigenvalue weighted by molar-refractivity contribution is 5.74. The molecule has 1 atom stereocenters. The molecule has 5 nitrogen and oxygen atoms in total. The number of nitrogens with one attached hydrogen (secondary N) is 2. The molecule has 0 aliphatic heterocycles. The molecule has 2 N–H and O–H groups in total. The number of nitrogens with zero attached hydrogens (tertiary/aromatic N) is 2. The zero-order valence-electron chi connectivity index (χ0n) is 15.2. The Hall–Kier alpha value is -3.08. The van der Waals surface area contributed by atoms with Gasteiger partial charge >= 0.3 is 6.03 Å². The number of hydrogen-bond donors (Lipinski definition) is 2. The molecule has 1 heterocycles. The molecule has 1 fully saturated rings. The molecule has 1 saturated carbocycles. The number of para-hydroxylation sites is 1. The van der Waals surface area contributed by atoms with Crippen LogP contribution in [0.3, 0.4) is 0 Å². The first-order valence-electron chi connectivity index (χ1n) is 9.48. The summed E-state index contributed by atoms with van der Waals surface area (Å²) in [6, 6.07) is 20.2. The molecule has 2 amide bonds. The Labute approximate surface area is 159 Å². The van der Waals surface area contributed by atoms with Crippen molar-refractivity contribution < 1.29 is 4.79 Å². The number of aromatic nitrogens is 2. The first-order chi connectivity index (χ1) is 13.3. The number of carbonyl (C=O) groups excluding carboxylic acids is 1. The van der Waals surface area contributed by atoms with Crippen molar-refractivity contribution in [3.05, 3.63) is 84.2 Å². The van der Waals surface area contributed by atoms with Crippen molar-refractivity contribution in [1.82, 2.24) is 20.4 Å². The minimum atomic E-state index is -0.105. The first kappa shape index (κ1) is 17.3. The molecule has 1 aliphatic rings. The Balaban J connectivity index is 1.28. The van der Waals surface area contributed by atoms with E-state index in [2.05, 4.69) is 27.9 Å². The van der Waals surface area contributed by atoms with Crippen molar-refractivity contribution in [2.45, 2.75) is 25.3 Å². The van der Waals surface area contributed by atoms with Crippen molar-refractivity contribution in [2.24, 2.45) is 5.92 Å². The van der Waals surface area contributed by atoms with Crippen LogP contribution < -0.4 is 10.6 Å². The second kappa shape index (κ2) is 8.08. The average Bonchev–Trinajstić information content (AvgIpc) is 3.45. The van der Waals surface area contributed by atoms with E-state index in [1.165, 1.54) is 18.4 Å². The van der Waals surface area contributed by atoms with Gasteiger partial charge in [-0.3, -0.25) is 0 Å². The van der Waals surface area contributed by atoms with Crippen molar-refractivity contribution in [1.29, 1.82) is 0 Å². The fourth-order valence-corrected chi connectivity index (χ4v) is 3.29. The molecular weight excluding hydrogens is 336 g/mol. The van der Waals surface area contributed by atoms with Gasteiger partial charge < -0.3 is 10.6 Å². The standard InChI is InChI=1S/C22H24N4O/c27-22(25-21(19-11-12-19)18-7-3-1-4-8-18)23-14-13-17-15-24-26(16-17)20-9-5-2-6-10-20/h1-10,15-16,19,21H,11-14H2,(H2,23,25,27). The summed E-state index contributed by atoms with van der Waals surface area (Å²) in [4.78, 5) is 12.3. The van der Waals surface area contributed by atoms with E-state index < -0.39 is 0 Å². The zero-order chi connectivity index (χ0) is 18.5. The summed E-state index contributed by atoms with van der Waals surface area (Å²) in [7, 11) is 0. The van der Waals surface area contributed by atoms with Crippen molar-refractivity contribution in [3.63, 3.8) is 0 Å². The molecular formula is C22H24N4O. The molecule has 0 radical (unpaired) electrons. The lowest BCUT2D eigenvalue weighted by molar-refractivity contribution is 0.235. The Bertz CT molecular complexity index is 872. The Morgan fingerprint density at radius 3 is 2.48 bits per heavy atom. The van der Waals surface area contributed by atoms with Gasteiger partial charge in [-0.15, -0.1) is 0 Å². The van der Waals surface area contributed by atoms with Crippen molar-refractivity contribution >= 4 is 6.03 Å². The highest BCUT2D eigenvalue weighted by atomic mass is 16.2. The highest BCUT2D eigenvalue weighted by Crippen LogP contribution is 2.40. The van der Waals surface area contributed by atoms with Crippen LogP contribution in [-0.2, 0) is 6.42 Å². The van der Waals surface area contributed by atoms with Crippen LogP contribution in [0.1, 0.15) is 30.0 Å². The normalized spacial score (nSPS) is 14.5. The van der Waals surface area contributed by atoms with Crippen LogP contribution in [0.15, 0.2) is 73.1 Å². The van der Waals surface area contributed by atoms with Crippen LogP contribution in [0.25, 0.3) is 5.69 Å². The van der Waals surface area contributed by atoms with Gasteiger partial charge in [0.15, 0.2) is 0 Å². The number of urea groups is 1. The van der Waals surface area contributed by atoms with E-state index in [0.717, 1.165) is 17.7 Å². The third-order valence-electron chi connectivity index (χ3n) is 4.89. The van der Waals surface area contributed by atoms with Gasteiger partial charge in [0.1, 0.15) is 0 Å². The largest absolute Gasteiger partial charge is 0.338 e. The van der Waals surface area contributed by atoms with Crippen molar-refractivity contribution in [3.8, 4) is 5.69 Å². The summed E-state index contributed by atoms with van der Waals surface area (Å²) in [5.41, 5.74) is 3.31. The summed E-state index contributed by atoms with van der Waals surface area (Å²) in [5, 5.41) is 10.5. The minimum absolute atomic E-state index is 0.104. The van der Waals surface area contributed by atoms with E-state index in [9.17, 15) is 4.79 Å².